The number of nitrogens with one attached hydrogen (secondary N) is 1. The number of amides is 1. The van der Waals surface area contributed by atoms with E-state index in [4.69, 9.17) is 0 Å². The summed E-state index contributed by atoms with van der Waals surface area (Å²) in [5.74, 6) is -0.0952. The van der Waals surface area contributed by atoms with E-state index in [-0.39, 0.29) is 30.3 Å². The molecule has 0 aliphatic carbocycles. The van der Waals surface area contributed by atoms with Crippen LogP contribution in [0.1, 0.15) is 25.7 Å². The van der Waals surface area contributed by atoms with Gasteiger partial charge in [0, 0.05) is 20.0 Å². The molecular formula is C11H21ClN2O3. The minimum absolute atomic E-state index is 0. The lowest BCUT2D eigenvalue weighted by Gasteiger charge is -2.20. The summed E-state index contributed by atoms with van der Waals surface area (Å²) in [5.41, 5.74) is 0. The van der Waals surface area contributed by atoms with Crippen molar-refractivity contribution >= 4 is 24.3 Å². The Labute approximate surface area is 108 Å². The van der Waals surface area contributed by atoms with Crippen LogP contribution in [0.5, 0.6) is 0 Å². The van der Waals surface area contributed by atoms with Crippen LogP contribution in [0, 0.1) is 0 Å². The number of ether oxygens (including phenoxy) is 1. The normalized spacial score (nSPS) is 18.4. The first-order chi connectivity index (χ1) is 7.65. The van der Waals surface area contributed by atoms with Crippen LogP contribution in [0.2, 0.25) is 0 Å². The fourth-order valence-corrected chi connectivity index (χ4v) is 1.83. The van der Waals surface area contributed by atoms with Crippen molar-refractivity contribution in [2.45, 2.75) is 31.7 Å². The Morgan fingerprint density at radius 3 is 2.71 bits per heavy atom. The molecule has 1 atom stereocenters. The van der Waals surface area contributed by atoms with Gasteiger partial charge in [0.2, 0.25) is 5.91 Å². The molecule has 0 aromatic rings. The number of methoxy groups -OCH3 is 1. The van der Waals surface area contributed by atoms with Crippen molar-refractivity contribution in [1.82, 2.24) is 10.2 Å². The Morgan fingerprint density at radius 2 is 2.18 bits per heavy atom. The zero-order chi connectivity index (χ0) is 12.0. The highest BCUT2D eigenvalue weighted by Gasteiger charge is 2.24. The van der Waals surface area contributed by atoms with Gasteiger partial charge in [-0.15, -0.1) is 12.4 Å². The summed E-state index contributed by atoms with van der Waals surface area (Å²) >= 11 is 0. The number of halogens is 1. The molecule has 1 heterocycles. The second-order valence-electron chi connectivity index (χ2n) is 4.09. The molecule has 100 valence electrons. The van der Waals surface area contributed by atoms with E-state index in [0.29, 0.717) is 19.4 Å². The molecule has 5 nitrogen and oxygen atoms in total. The molecule has 1 N–H and O–H groups in total. The van der Waals surface area contributed by atoms with Gasteiger partial charge in [-0.25, -0.2) is 0 Å². The zero-order valence-electron chi connectivity index (χ0n) is 10.4. The van der Waals surface area contributed by atoms with Crippen LogP contribution in [-0.2, 0) is 14.3 Å². The van der Waals surface area contributed by atoms with Crippen molar-refractivity contribution in [1.29, 1.82) is 0 Å². The van der Waals surface area contributed by atoms with E-state index >= 15 is 0 Å². The van der Waals surface area contributed by atoms with E-state index < -0.39 is 0 Å². The van der Waals surface area contributed by atoms with Crippen LogP contribution in [0.3, 0.4) is 0 Å². The van der Waals surface area contributed by atoms with Crippen LogP contribution in [-0.4, -0.2) is 50.1 Å². The molecule has 0 aromatic heterocycles. The standard InChI is InChI=1S/C11H20N2O3.ClH/c1-13(8-4-6-10(14)16-2)11(15)9-5-3-7-12-9;/h9,12H,3-8H2,1-2H3;1H. The molecule has 1 unspecified atom stereocenters. The molecule has 1 aliphatic rings. The maximum absolute atomic E-state index is 11.8. The Bertz CT molecular complexity index is 255. The van der Waals surface area contributed by atoms with Crippen molar-refractivity contribution < 1.29 is 14.3 Å². The molecule has 1 saturated heterocycles. The second kappa shape index (κ2) is 8.31. The molecule has 0 saturated carbocycles. The quantitative estimate of drug-likeness (QED) is 0.738. The number of hydrogen-bond acceptors (Lipinski definition) is 4. The highest BCUT2D eigenvalue weighted by molar-refractivity contribution is 5.85. The Morgan fingerprint density at radius 1 is 1.47 bits per heavy atom. The lowest BCUT2D eigenvalue weighted by atomic mass is 10.2. The Hall–Kier alpha value is -0.810. The van der Waals surface area contributed by atoms with E-state index in [0.717, 1.165) is 19.4 Å². The summed E-state index contributed by atoms with van der Waals surface area (Å²) in [4.78, 5) is 24.4. The predicted octanol–water partition coefficient (Wildman–Crippen LogP) is 0.572. The zero-order valence-corrected chi connectivity index (χ0v) is 11.2. The van der Waals surface area contributed by atoms with Gasteiger partial charge >= 0.3 is 5.97 Å². The topological polar surface area (TPSA) is 58.6 Å². The average molecular weight is 265 g/mol. The van der Waals surface area contributed by atoms with E-state index in [9.17, 15) is 9.59 Å². The number of hydrogen-bond donors (Lipinski definition) is 1. The fraction of sp³-hybridized carbons (Fsp3) is 0.818. The lowest BCUT2D eigenvalue weighted by molar-refractivity contribution is -0.141. The van der Waals surface area contributed by atoms with Crippen LogP contribution in [0.15, 0.2) is 0 Å². The number of rotatable bonds is 5. The smallest absolute Gasteiger partial charge is 0.305 e. The molecule has 1 amide bonds. The van der Waals surface area contributed by atoms with E-state index in [1.165, 1.54) is 7.11 Å². The van der Waals surface area contributed by atoms with Crippen molar-refractivity contribution in [2.75, 3.05) is 27.2 Å². The third-order valence-electron chi connectivity index (χ3n) is 2.84. The number of likely N-dealkylation sites (N-methyl/N-ethyl adjacent to an activating group) is 1. The minimum Gasteiger partial charge on any atom is -0.469 e. The van der Waals surface area contributed by atoms with Crippen LogP contribution >= 0.6 is 12.4 Å². The monoisotopic (exact) mass is 264 g/mol. The summed E-state index contributed by atoms with van der Waals surface area (Å²) in [7, 11) is 3.15. The van der Waals surface area contributed by atoms with Gasteiger partial charge in [-0.1, -0.05) is 0 Å². The van der Waals surface area contributed by atoms with Crippen LogP contribution in [0.4, 0.5) is 0 Å². The van der Waals surface area contributed by atoms with E-state index in [2.05, 4.69) is 10.1 Å². The molecule has 1 aliphatic heterocycles. The molecule has 1 fully saturated rings. The number of esters is 1. The highest BCUT2D eigenvalue weighted by Crippen LogP contribution is 2.08. The summed E-state index contributed by atoms with van der Waals surface area (Å²) in [6, 6.07) is -0.0249. The summed E-state index contributed by atoms with van der Waals surface area (Å²) in [5, 5.41) is 3.16. The van der Waals surface area contributed by atoms with Gasteiger partial charge in [0.05, 0.1) is 13.2 Å². The van der Waals surface area contributed by atoms with Gasteiger partial charge in [0.15, 0.2) is 0 Å². The molecule has 1 rings (SSSR count). The molecule has 0 spiro atoms. The molecule has 0 radical (unpaired) electrons. The first kappa shape index (κ1) is 16.2. The van der Waals surface area contributed by atoms with Crippen molar-refractivity contribution in [3.63, 3.8) is 0 Å². The Kier molecular flexibility index (Phi) is 7.91. The van der Waals surface area contributed by atoms with Gasteiger partial charge in [0.1, 0.15) is 0 Å². The van der Waals surface area contributed by atoms with Gasteiger partial charge in [-0.05, 0) is 25.8 Å². The minimum atomic E-state index is -0.222. The molecule has 0 aromatic carbocycles. The maximum Gasteiger partial charge on any atom is 0.305 e. The fourth-order valence-electron chi connectivity index (χ4n) is 1.83. The SMILES string of the molecule is COC(=O)CCCN(C)C(=O)C1CCCN1.Cl. The van der Waals surface area contributed by atoms with Crippen molar-refractivity contribution in [3.05, 3.63) is 0 Å². The van der Waals surface area contributed by atoms with E-state index in [1.807, 2.05) is 0 Å². The van der Waals surface area contributed by atoms with Gasteiger partial charge in [-0.2, -0.15) is 0 Å². The molecule has 17 heavy (non-hydrogen) atoms. The third-order valence-corrected chi connectivity index (χ3v) is 2.84. The molecule has 6 heteroatoms. The summed E-state index contributed by atoms with van der Waals surface area (Å²) in [6.07, 6.45) is 3.00. The highest BCUT2D eigenvalue weighted by atomic mass is 35.5. The number of carbonyl (C=O) groups is 2. The Balaban J connectivity index is 0.00000256. The average Bonchev–Trinajstić information content (AvgIpc) is 2.81. The lowest BCUT2D eigenvalue weighted by Crippen LogP contribution is -2.42. The maximum atomic E-state index is 11.8. The van der Waals surface area contributed by atoms with Crippen molar-refractivity contribution in [2.24, 2.45) is 0 Å². The molecular weight excluding hydrogens is 244 g/mol. The van der Waals surface area contributed by atoms with E-state index in [1.54, 1.807) is 11.9 Å². The largest absolute Gasteiger partial charge is 0.469 e. The number of nitrogens with zero attached hydrogens (tertiary/aromatic N) is 1. The third kappa shape index (κ3) is 5.37. The number of carbonyl (C=O) groups excluding carboxylic acids is 2. The van der Waals surface area contributed by atoms with Crippen molar-refractivity contribution in [3.8, 4) is 0 Å². The van der Waals surface area contributed by atoms with Gasteiger partial charge in [-0.3, -0.25) is 9.59 Å². The summed E-state index contributed by atoms with van der Waals surface area (Å²) in [6.45, 7) is 1.53. The van der Waals surface area contributed by atoms with Gasteiger partial charge in [0.25, 0.3) is 0 Å². The van der Waals surface area contributed by atoms with Gasteiger partial charge < -0.3 is 15.0 Å². The van der Waals surface area contributed by atoms with Crippen LogP contribution < -0.4 is 5.32 Å². The predicted molar refractivity (Wildman–Crippen MR) is 67.2 cm³/mol. The van der Waals surface area contributed by atoms with Crippen LogP contribution in [0.25, 0.3) is 0 Å². The summed E-state index contributed by atoms with van der Waals surface area (Å²) < 4.78 is 4.54. The first-order valence-corrected chi connectivity index (χ1v) is 5.70. The second-order valence-corrected chi connectivity index (χ2v) is 4.09. The molecule has 0 bridgehead atoms. The first-order valence-electron chi connectivity index (χ1n) is 5.70.